The van der Waals surface area contributed by atoms with Crippen LogP contribution in [-0.4, -0.2) is 25.1 Å². The van der Waals surface area contributed by atoms with E-state index in [1.807, 2.05) is 24.3 Å². The summed E-state index contributed by atoms with van der Waals surface area (Å²) in [6.45, 7) is 5.69. The van der Waals surface area contributed by atoms with Crippen molar-refractivity contribution in [2.45, 2.75) is 26.4 Å². The first-order chi connectivity index (χ1) is 8.65. The first-order valence-corrected chi connectivity index (χ1v) is 6.40. The third-order valence-electron chi connectivity index (χ3n) is 3.15. The van der Waals surface area contributed by atoms with Crippen molar-refractivity contribution < 1.29 is 9.53 Å². The molecule has 1 aromatic rings. The van der Waals surface area contributed by atoms with Crippen molar-refractivity contribution in [2.75, 3.05) is 18.4 Å². The smallest absolute Gasteiger partial charge is 0.221 e. The molecule has 1 aromatic carbocycles. The molecule has 0 unspecified atom stereocenters. The van der Waals surface area contributed by atoms with E-state index in [0.717, 1.165) is 30.9 Å². The van der Waals surface area contributed by atoms with E-state index in [-0.39, 0.29) is 12.0 Å². The van der Waals surface area contributed by atoms with Crippen LogP contribution in [-0.2, 0) is 4.79 Å². The highest BCUT2D eigenvalue weighted by molar-refractivity contribution is 5.88. The molecule has 4 heteroatoms. The Hall–Kier alpha value is -1.55. The largest absolute Gasteiger partial charge is 0.490 e. The van der Waals surface area contributed by atoms with Crippen molar-refractivity contribution >= 4 is 11.6 Å². The number of carbonyl (C=O) groups is 1. The standard InChI is InChI=1S/C14H20N2O2/c1-10-9-15-7-6-14(10)18-13-5-3-4-12(8-13)16-11(2)17/h3-5,8,10,14-15H,6-7,9H2,1-2H3,(H,16,17)/t10-,14+/m1/s1. The number of amides is 1. The fourth-order valence-electron chi connectivity index (χ4n) is 2.19. The van der Waals surface area contributed by atoms with E-state index in [0.29, 0.717) is 5.92 Å². The Balaban J connectivity index is 2.02. The van der Waals surface area contributed by atoms with Gasteiger partial charge >= 0.3 is 0 Å². The summed E-state index contributed by atoms with van der Waals surface area (Å²) in [6.07, 6.45) is 1.27. The summed E-state index contributed by atoms with van der Waals surface area (Å²) >= 11 is 0. The zero-order chi connectivity index (χ0) is 13.0. The maximum Gasteiger partial charge on any atom is 0.221 e. The van der Waals surface area contributed by atoms with Crippen LogP contribution in [0.1, 0.15) is 20.3 Å². The molecule has 1 saturated heterocycles. The van der Waals surface area contributed by atoms with Gasteiger partial charge in [-0.05, 0) is 25.1 Å². The maximum atomic E-state index is 11.0. The van der Waals surface area contributed by atoms with Crippen LogP contribution in [0.5, 0.6) is 5.75 Å². The number of ether oxygens (including phenoxy) is 1. The summed E-state index contributed by atoms with van der Waals surface area (Å²) in [5, 5.41) is 6.11. The molecule has 1 heterocycles. The Bertz CT molecular complexity index is 420. The summed E-state index contributed by atoms with van der Waals surface area (Å²) in [4.78, 5) is 11.0. The van der Waals surface area contributed by atoms with Crippen LogP contribution in [0.2, 0.25) is 0 Å². The molecule has 18 heavy (non-hydrogen) atoms. The summed E-state index contributed by atoms with van der Waals surface area (Å²) in [5.74, 6) is 1.26. The van der Waals surface area contributed by atoms with Crippen molar-refractivity contribution in [2.24, 2.45) is 5.92 Å². The first kappa shape index (κ1) is 12.9. The fourth-order valence-corrected chi connectivity index (χ4v) is 2.19. The van der Waals surface area contributed by atoms with Gasteiger partial charge in [0.25, 0.3) is 0 Å². The summed E-state index contributed by atoms with van der Waals surface area (Å²) in [5.41, 5.74) is 0.779. The topological polar surface area (TPSA) is 50.4 Å². The molecule has 4 nitrogen and oxygen atoms in total. The van der Waals surface area contributed by atoms with E-state index in [2.05, 4.69) is 17.6 Å². The van der Waals surface area contributed by atoms with Crippen LogP contribution in [0.4, 0.5) is 5.69 Å². The van der Waals surface area contributed by atoms with Gasteiger partial charge in [0, 0.05) is 31.1 Å². The Morgan fingerprint density at radius 2 is 2.33 bits per heavy atom. The molecule has 1 amide bonds. The van der Waals surface area contributed by atoms with E-state index in [9.17, 15) is 4.79 Å². The van der Waals surface area contributed by atoms with Gasteiger partial charge in [-0.1, -0.05) is 13.0 Å². The molecule has 2 atom stereocenters. The second kappa shape index (κ2) is 5.87. The third-order valence-corrected chi connectivity index (χ3v) is 3.15. The molecule has 0 aliphatic carbocycles. The SMILES string of the molecule is CC(=O)Nc1cccc(O[C@H]2CCNC[C@H]2C)c1. The number of rotatable bonds is 3. The van der Waals surface area contributed by atoms with Gasteiger partial charge in [0.05, 0.1) is 0 Å². The van der Waals surface area contributed by atoms with E-state index in [1.165, 1.54) is 6.92 Å². The van der Waals surface area contributed by atoms with Crippen molar-refractivity contribution in [3.63, 3.8) is 0 Å². The summed E-state index contributed by atoms with van der Waals surface area (Å²) in [7, 11) is 0. The second-order valence-corrected chi connectivity index (χ2v) is 4.84. The van der Waals surface area contributed by atoms with Crippen molar-refractivity contribution in [1.29, 1.82) is 0 Å². The first-order valence-electron chi connectivity index (χ1n) is 6.40. The van der Waals surface area contributed by atoms with Crippen molar-refractivity contribution in [1.82, 2.24) is 5.32 Å². The van der Waals surface area contributed by atoms with Gasteiger partial charge in [-0.25, -0.2) is 0 Å². The zero-order valence-electron chi connectivity index (χ0n) is 10.9. The van der Waals surface area contributed by atoms with Gasteiger partial charge in [0.1, 0.15) is 11.9 Å². The van der Waals surface area contributed by atoms with Crippen LogP contribution >= 0.6 is 0 Å². The lowest BCUT2D eigenvalue weighted by molar-refractivity contribution is -0.114. The van der Waals surface area contributed by atoms with E-state index in [4.69, 9.17) is 4.74 Å². The molecule has 0 bridgehead atoms. The Labute approximate surface area is 108 Å². The fraction of sp³-hybridized carbons (Fsp3) is 0.500. The summed E-state index contributed by atoms with van der Waals surface area (Å²) in [6, 6.07) is 7.56. The predicted octanol–water partition coefficient (Wildman–Crippen LogP) is 2.02. The van der Waals surface area contributed by atoms with E-state index in [1.54, 1.807) is 0 Å². The lowest BCUT2D eigenvalue weighted by Crippen LogP contribution is -2.41. The maximum absolute atomic E-state index is 11.0. The van der Waals surface area contributed by atoms with Crippen LogP contribution in [0.15, 0.2) is 24.3 Å². The van der Waals surface area contributed by atoms with Crippen LogP contribution < -0.4 is 15.4 Å². The highest BCUT2D eigenvalue weighted by Gasteiger charge is 2.22. The lowest BCUT2D eigenvalue weighted by atomic mass is 9.98. The van der Waals surface area contributed by atoms with Gasteiger partial charge in [-0.2, -0.15) is 0 Å². The number of anilines is 1. The van der Waals surface area contributed by atoms with Gasteiger partial charge in [-0.3, -0.25) is 4.79 Å². The minimum absolute atomic E-state index is 0.0672. The second-order valence-electron chi connectivity index (χ2n) is 4.84. The quantitative estimate of drug-likeness (QED) is 0.860. The molecule has 0 aromatic heterocycles. The number of hydrogen-bond acceptors (Lipinski definition) is 3. The molecule has 1 fully saturated rings. The van der Waals surface area contributed by atoms with E-state index < -0.39 is 0 Å². The molecule has 2 N–H and O–H groups in total. The number of hydrogen-bond donors (Lipinski definition) is 2. The van der Waals surface area contributed by atoms with Crippen molar-refractivity contribution in [3.8, 4) is 5.75 Å². The predicted molar refractivity (Wildman–Crippen MR) is 71.8 cm³/mol. The van der Waals surface area contributed by atoms with Crippen molar-refractivity contribution in [3.05, 3.63) is 24.3 Å². The molecule has 98 valence electrons. The molecule has 1 aliphatic rings. The van der Waals surface area contributed by atoms with Gasteiger partial charge < -0.3 is 15.4 Å². The van der Waals surface area contributed by atoms with Gasteiger partial charge in [0.2, 0.25) is 5.91 Å². The molecular formula is C14H20N2O2. The zero-order valence-corrected chi connectivity index (χ0v) is 10.9. The third kappa shape index (κ3) is 3.47. The Morgan fingerprint density at radius 1 is 1.50 bits per heavy atom. The Kier molecular flexibility index (Phi) is 4.20. The minimum atomic E-state index is -0.0672. The molecule has 2 rings (SSSR count). The summed E-state index contributed by atoms with van der Waals surface area (Å²) < 4.78 is 6.00. The highest BCUT2D eigenvalue weighted by Crippen LogP contribution is 2.22. The number of piperidine rings is 1. The van der Waals surface area contributed by atoms with Crippen LogP contribution in [0.25, 0.3) is 0 Å². The Morgan fingerprint density at radius 3 is 3.06 bits per heavy atom. The monoisotopic (exact) mass is 248 g/mol. The highest BCUT2D eigenvalue weighted by atomic mass is 16.5. The van der Waals surface area contributed by atoms with Crippen LogP contribution in [0.3, 0.4) is 0 Å². The average molecular weight is 248 g/mol. The average Bonchev–Trinajstić information content (AvgIpc) is 2.32. The molecule has 1 aliphatic heterocycles. The number of carbonyl (C=O) groups excluding carboxylic acids is 1. The molecule has 0 radical (unpaired) electrons. The van der Waals surface area contributed by atoms with Gasteiger partial charge in [0.15, 0.2) is 0 Å². The van der Waals surface area contributed by atoms with E-state index >= 15 is 0 Å². The molecule has 0 saturated carbocycles. The van der Waals surface area contributed by atoms with Crippen LogP contribution in [0, 0.1) is 5.92 Å². The number of benzene rings is 1. The molecular weight excluding hydrogens is 228 g/mol. The van der Waals surface area contributed by atoms with Gasteiger partial charge in [-0.15, -0.1) is 0 Å². The number of nitrogens with one attached hydrogen (secondary N) is 2. The lowest BCUT2D eigenvalue weighted by Gasteiger charge is -2.30. The minimum Gasteiger partial charge on any atom is -0.490 e. The molecule has 0 spiro atoms. The normalized spacial score (nSPS) is 23.4.